The smallest absolute Gasteiger partial charge is 0.408 e. The van der Waals surface area contributed by atoms with Gasteiger partial charge in [-0.25, -0.2) is 9.78 Å². The maximum atomic E-state index is 11.4. The van der Waals surface area contributed by atoms with E-state index in [1.807, 2.05) is 0 Å². The predicted molar refractivity (Wildman–Crippen MR) is 73.1 cm³/mol. The third-order valence-corrected chi connectivity index (χ3v) is 2.03. The third-order valence-electron chi connectivity index (χ3n) is 2.03. The van der Waals surface area contributed by atoms with E-state index >= 15 is 0 Å². The fourth-order valence-electron chi connectivity index (χ4n) is 1.21. The van der Waals surface area contributed by atoms with Gasteiger partial charge in [0.1, 0.15) is 11.3 Å². The molecule has 0 radical (unpaired) electrons. The molecule has 1 aromatic heterocycles. The lowest BCUT2D eigenvalue weighted by Crippen LogP contribution is -2.32. The van der Waals surface area contributed by atoms with Gasteiger partial charge < -0.3 is 14.6 Å². The highest BCUT2D eigenvalue weighted by molar-refractivity contribution is 5.68. The topological polar surface area (TPSA) is 105 Å². The van der Waals surface area contributed by atoms with Crippen LogP contribution < -0.4 is 5.32 Å². The summed E-state index contributed by atoms with van der Waals surface area (Å²) in [5.41, 5.74) is 8.37. The Morgan fingerprint density at radius 2 is 2.35 bits per heavy atom. The van der Waals surface area contributed by atoms with Crippen molar-refractivity contribution in [2.24, 2.45) is 12.2 Å². The van der Waals surface area contributed by atoms with Gasteiger partial charge in [-0.1, -0.05) is 5.92 Å². The number of nitrogens with one attached hydrogen (secondary N) is 1. The van der Waals surface area contributed by atoms with Crippen LogP contribution in [0.1, 0.15) is 26.5 Å². The number of ether oxygens (including phenoxy) is 1. The van der Waals surface area contributed by atoms with Crippen LogP contribution in [0.15, 0.2) is 11.3 Å². The van der Waals surface area contributed by atoms with Crippen molar-refractivity contribution in [3.63, 3.8) is 0 Å². The number of carbonyl (C=O) groups excluding carboxylic acids is 1. The number of hydrogen-bond donors (Lipinski definition) is 1. The summed E-state index contributed by atoms with van der Waals surface area (Å²) >= 11 is 0. The van der Waals surface area contributed by atoms with E-state index in [9.17, 15) is 4.79 Å². The second-order valence-electron chi connectivity index (χ2n) is 4.85. The highest BCUT2D eigenvalue weighted by Gasteiger charge is 2.15. The molecule has 8 heteroatoms. The molecule has 1 N–H and O–H groups in total. The minimum atomic E-state index is -0.538. The minimum Gasteiger partial charge on any atom is -0.444 e. The fraction of sp³-hybridized carbons (Fsp3) is 0.500. The Morgan fingerprint density at radius 3 is 2.95 bits per heavy atom. The highest BCUT2D eigenvalue weighted by atomic mass is 16.6. The van der Waals surface area contributed by atoms with Crippen molar-refractivity contribution in [3.05, 3.63) is 22.3 Å². The zero-order valence-corrected chi connectivity index (χ0v) is 11.8. The molecule has 0 fully saturated rings. The zero-order valence-electron chi connectivity index (χ0n) is 11.8. The molecule has 0 bridgehead atoms. The minimum absolute atomic E-state index is 0.150. The maximum Gasteiger partial charge on any atom is 0.408 e. The van der Waals surface area contributed by atoms with E-state index in [1.165, 1.54) is 6.20 Å². The summed E-state index contributed by atoms with van der Waals surface area (Å²) in [5.74, 6) is 5.80. The van der Waals surface area contributed by atoms with Gasteiger partial charge in [0.2, 0.25) is 0 Å². The SMILES string of the molecule is Cn1c(C#CCNC(=O)OC(C)(C)C)cnc1N=[N+]=[N-]. The summed E-state index contributed by atoms with van der Waals surface area (Å²) in [6, 6.07) is 0. The molecule has 8 nitrogen and oxygen atoms in total. The van der Waals surface area contributed by atoms with Crippen molar-refractivity contribution in [2.45, 2.75) is 26.4 Å². The fourth-order valence-corrected chi connectivity index (χ4v) is 1.21. The lowest BCUT2D eigenvalue weighted by molar-refractivity contribution is 0.0535. The van der Waals surface area contributed by atoms with Crippen LogP contribution in [0.2, 0.25) is 0 Å². The van der Waals surface area contributed by atoms with Gasteiger partial charge in [-0.3, -0.25) is 0 Å². The summed E-state index contributed by atoms with van der Waals surface area (Å²) in [7, 11) is 1.68. The Balaban J connectivity index is 2.55. The number of rotatable bonds is 2. The third kappa shape index (κ3) is 4.92. The van der Waals surface area contributed by atoms with Crippen LogP contribution >= 0.6 is 0 Å². The van der Waals surface area contributed by atoms with Crippen LogP contribution in [0.4, 0.5) is 10.7 Å². The van der Waals surface area contributed by atoms with Crippen molar-refractivity contribution in [2.75, 3.05) is 6.54 Å². The summed E-state index contributed by atoms with van der Waals surface area (Å²) < 4.78 is 6.61. The number of alkyl carbamates (subject to hydrolysis) is 1. The van der Waals surface area contributed by atoms with E-state index in [2.05, 4.69) is 32.2 Å². The van der Waals surface area contributed by atoms with Crippen LogP contribution in [0, 0.1) is 11.8 Å². The van der Waals surface area contributed by atoms with Crippen molar-refractivity contribution >= 4 is 12.0 Å². The van der Waals surface area contributed by atoms with E-state index in [0.29, 0.717) is 5.69 Å². The molecule has 1 rings (SSSR count). The Kier molecular flexibility index (Phi) is 5.01. The van der Waals surface area contributed by atoms with E-state index in [0.717, 1.165) is 0 Å². The van der Waals surface area contributed by atoms with Gasteiger partial charge in [0, 0.05) is 12.0 Å². The molecular weight excluding hydrogens is 260 g/mol. The molecule has 0 aliphatic carbocycles. The largest absolute Gasteiger partial charge is 0.444 e. The molecule has 1 amide bonds. The first-order chi connectivity index (χ1) is 9.33. The second kappa shape index (κ2) is 6.50. The molecule has 0 saturated heterocycles. The molecule has 106 valence electrons. The Hall–Kier alpha value is -2.65. The van der Waals surface area contributed by atoms with Crippen LogP contribution in [-0.2, 0) is 11.8 Å². The van der Waals surface area contributed by atoms with Gasteiger partial charge >= 0.3 is 6.09 Å². The molecule has 0 saturated carbocycles. The number of imidazole rings is 1. The van der Waals surface area contributed by atoms with Crippen LogP contribution in [0.25, 0.3) is 10.4 Å². The summed E-state index contributed by atoms with van der Waals surface area (Å²) in [6.07, 6.45) is 0.969. The first kappa shape index (κ1) is 15.4. The lowest BCUT2D eigenvalue weighted by Gasteiger charge is -2.18. The number of azide groups is 1. The molecular formula is C12H16N6O2. The Labute approximate surface area is 116 Å². The predicted octanol–water partition coefficient (Wildman–Crippen LogP) is 2.24. The molecule has 1 aromatic rings. The second-order valence-corrected chi connectivity index (χ2v) is 4.85. The van der Waals surface area contributed by atoms with Crippen molar-refractivity contribution < 1.29 is 9.53 Å². The number of carbonyl (C=O) groups is 1. The van der Waals surface area contributed by atoms with Gasteiger partial charge in [-0.05, 0) is 37.3 Å². The van der Waals surface area contributed by atoms with E-state index in [4.69, 9.17) is 10.3 Å². The Bertz CT molecular complexity index is 596. The number of hydrogen-bond acceptors (Lipinski definition) is 4. The molecule has 0 unspecified atom stereocenters. The van der Waals surface area contributed by atoms with E-state index in [-0.39, 0.29) is 12.5 Å². The van der Waals surface area contributed by atoms with Gasteiger partial charge in [0.15, 0.2) is 5.95 Å². The van der Waals surface area contributed by atoms with Gasteiger partial charge in [0.25, 0.3) is 0 Å². The standard InChI is InChI=1S/C12H16N6O2/c1-12(2,3)20-11(19)14-7-5-6-9-8-15-10(16-17-13)18(9)4/h8H,7H2,1-4H3,(H,14,19). The molecule has 0 aliphatic rings. The molecule has 0 aromatic carbocycles. The van der Waals surface area contributed by atoms with Gasteiger partial charge in [0.05, 0.1) is 12.7 Å². The summed E-state index contributed by atoms with van der Waals surface area (Å²) in [4.78, 5) is 17.9. The average molecular weight is 276 g/mol. The Morgan fingerprint density at radius 1 is 1.65 bits per heavy atom. The highest BCUT2D eigenvalue weighted by Crippen LogP contribution is 2.10. The molecule has 20 heavy (non-hydrogen) atoms. The van der Waals surface area contributed by atoms with Crippen LogP contribution in [0.3, 0.4) is 0 Å². The molecule has 1 heterocycles. The molecule has 0 aliphatic heterocycles. The van der Waals surface area contributed by atoms with Gasteiger partial charge in [-0.2, -0.15) is 0 Å². The number of nitrogens with zero attached hydrogens (tertiary/aromatic N) is 5. The van der Waals surface area contributed by atoms with Crippen molar-refractivity contribution in [3.8, 4) is 11.8 Å². The first-order valence-corrected chi connectivity index (χ1v) is 5.86. The zero-order chi connectivity index (χ0) is 15.2. The van der Waals surface area contributed by atoms with Crippen LogP contribution in [0.5, 0.6) is 0 Å². The average Bonchev–Trinajstić information content (AvgIpc) is 2.65. The number of aromatic nitrogens is 2. The van der Waals surface area contributed by atoms with E-state index in [1.54, 1.807) is 32.4 Å². The summed E-state index contributed by atoms with van der Waals surface area (Å²) in [5, 5.41) is 5.91. The van der Waals surface area contributed by atoms with Crippen LogP contribution in [-0.4, -0.2) is 27.8 Å². The quantitative estimate of drug-likeness (QED) is 0.387. The first-order valence-electron chi connectivity index (χ1n) is 5.86. The summed E-state index contributed by atoms with van der Waals surface area (Å²) in [6.45, 7) is 5.50. The maximum absolute atomic E-state index is 11.4. The van der Waals surface area contributed by atoms with E-state index < -0.39 is 11.7 Å². The monoisotopic (exact) mass is 276 g/mol. The van der Waals surface area contributed by atoms with Gasteiger partial charge in [-0.15, -0.1) is 0 Å². The number of amides is 1. The lowest BCUT2D eigenvalue weighted by atomic mass is 10.2. The van der Waals surface area contributed by atoms with Crippen molar-refractivity contribution in [1.82, 2.24) is 14.9 Å². The van der Waals surface area contributed by atoms with Crippen molar-refractivity contribution in [1.29, 1.82) is 0 Å². The molecule has 0 spiro atoms. The molecule has 0 atom stereocenters. The normalized spacial score (nSPS) is 10.0.